The Labute approximate surface area is 174 Å². The van der Waals surface area contributed by atoms with Crippen molar-refractivity contribution in [1.82, 2.24) is 10.2 Å². The third-order valence-electron chi connectivity index (χ3n) is 3.91. The number of hydrogen-bond acceptors (Lipinski definition) is 5. The second kappa shape index (κ2) is 11.5. The van der Waals surface area contributed by atoms with Gasteiger partial charge in [-0.1, -0.05) is 74.1 Å². The number of aryl methyl sites for hydroxylation is 1. The Morgan fingerprint density at radius 1 is 1.07 bits per heavy atom. The number of carbonyl (C=O) groups is 1. The fourth-order valence-corrected chi connectivity index (χ4v) is 3.93. The van der Waals surface area contributed by atoms with E-state index >= 15 is 0 Å². The lowest BCUT2D eigenvalue weighted by atomic mass is 10.2. The first-order chi connectivity index (χ1) is 13.0. The van der Waals surface area contributed by atoms with Crippen LogP contribution in [0.5, 0.6) is 5.75 Å². The molecular weight excluding hydrogens is 405 g/mol. The van der Waals surface area contributed by atoms with Gasteiger partial charge in [-0.3, -0.25) is 10.1 Å². The summed E-state index contributed by atoms with van der Waals surface area (Å²) in [5, 5.41) is 12.8. The molecular formula is C19H25Cl2N3O2S. The first kappa shape index (κ1) is 21.9. The fraction of sp³-hybridized carbons (Fsp3) is 0.526. The van der Waals surface area contributed by atoms with Crippen LogP contribution in [0, 0.1) is 0 Å². The predicted molar refractivity (Wildman–Crippen MR) is 113 cm³/mol. The molecule has 0 aliphatic rings. The normalized spacial score (nSPS) is 10.8. The smallest absolute Gasteiger partial charge is 0.257 e. The first-order valence-corrected chi connectivity index (χ1v) is 10.9. The Balaban J connectivity index is 1.94. The summed E-state index contributed by atoms with van der Waals surface area (Å²) in [5.41, 5.74) is 0.354. The number of anilines is 1. The van der Waals surface area contributed by atoms with Crippen LogP contribution in [0.25, 0.3) is 0 Å². The molecule has 0 aliphatic carbocycles. The molecule has 1 aromatic heterocycles. The summed E-state index contributed by atoms with van der Waals surface area (Å²) in [6, 6.07) is 3.12. The van der Waals surface area contributed by atoms with E-state index in [-0.39, 0.29) is 5.91 Å². The highest BCUT2D eigenvalue weighted by Crippen LogP contribution is 2.34. The Kier molecular flexibility index (Phi) is 9.31. The van der Waals surface area contributed by atoms with Gasteiger partial charge in [0.05, 0.1) is 16.7 Å². The SMILES string of the molecule is CCCCCCCOc1c(Cl)cc(C(=O)Nc2nnc(CCC)s2)cc1Cl. The summed E-state index contributed by atoms with van der Waals surface area (Å²) in [6.45, 7) is 4.81. The van der Waals surface area contributed by atoms with Crippen molar-refractivity contribution in [2.45, 2.75) is 58.8 Å². The molecule has 0 aliphatic heterocycles. The number of nitrogens with one attached hydrogen (secondary N) is 1. The maximum Gasteiger partial charge on any atom is 0.257 e. The fourth-order valence-electron chi connectivity index (χ4n) is 2.50. The van der Waals surface area contributed by atoms with E-state index in [2.05, 4.69) is 29.4 Å². The molecule has 0 fully saturated rings. The molecule has 2 rings (SSSR count). The minimum atomic E-state index is -0.330. The minimum Gasteiger partial charge on any atom is -0.490 e. The number of carbonyl (C=O) groups excluding carboxylic acids is 1. The molecule has 1 aromatic carbocycles. The van der Waals surface area contributed by atoms with Crippen LogP contribution in [-0.4, -0.2) is 22.7 Å². The van der Waals surface area contributed by atoms with Crippen molar-refractivity contribution in [1.29, 1.82) is 0 Å². The van der Waals surface area contributed by atoms with Crippen LogP contribution < -0.4 is 10.1 Å². The van der Waals surface area contributed by atoms with Crippen molar-refractivity contribution in [2.75, 3.05) is 11.9 Å². The molecule has 0 saturated heterocycles. The van der Waals surface area contributed by atoms with Crippen LogP contribution in [0.15, 0.2) is 12.1 Å². The Hall–Kier alpha value is -1.37. The molecule has 2 aromatic rings. The van der Waals surface area contributed by atoms with Gasteiger partial charge in [0.25, 0.3) is 5.91 Å². The van der Waals surface area contributed by atoms with E-state index in [0.29, 0.717) is 33.1 Å². The van der Waals surface area contributed by atoms with E-state index in [4.69, 9.17) is 27.9 Å². The van der Waals surface area contributed by atoms with Crippen molar-refractivity contribution in [3.8, 4) is 5.75 Å². The van der Waals surface area contributed by atoms with Crippen LogP contribution in [0.4, 0.5) is 5.13 Å². The largest absolute Gasteiger partial charge is 0.490 e. The molecule has 0 bridgehead atoms. The van der Waals surface area contributed by atoms with Crippen molar-refractivity contribution in [3.63, 3.8) is 0 Å². The van der Waals surface area contributed by atoms with Crippen LogP contribution in [-0.2, 0) is 6.42 Å². The number of hydrogen-bond donors (Lipinski definition) is 1. The molecule has 148 valence electrons. The van der Waals surface area contributed by atoms with Gasteiger partial charge in [0.1, 0.15) is 5.01 Å². The van der Waals surface area contributed by atoms with E-state index in [1.54, 1.807) is 12.1 Å². The minimum absolute atomic E-state index is 0.324. The van der Waals surface area contributed by atoms with E-state index in [0.717, 1.165) is 30.7 Å². The lowest BCUT2D eigenvalue weighted by Gasteiger charge is -2.11. The third-order valence-corrected chi connectivity index (χ3v) is 5.37. The van der Waals surface area contributed by atoms with E-state index in [9.17, 15) is 4.79 Å². The van der Waals surface area contributed by atoms with Gasteiger partial charge in [-0.25, -0.2) is 0 Å². The molecule has 1 N–H and O–H groups in total. The van der Waals surface area contributed by atoms with Crippen LogP contribution in [0.2, 0.25) is 10.0 Å². The van der Waals surface area contributed by atoms with Gasteiger partial charge in [0.15, 0.2) is 5.75 Å². The molecule has 1 amide bonds. The summed E-state index contributed by atoms with van der Waals surface area (Å²) < 4.78 is 5.72. The van der Waals surface area contributed by atoms with Gasteiger partial charge >= 0.3 is 0 Å². The van der Waals surface area contributed by atoms with Crippen molar-refractivity contribution in [3.05, 3.63) is 32.7 Å². The zero-order valence-corrected chi connectivity index (χ0v) is 18.0. The lowest BCUT2D eigenvalue weighted by Crippen LogP contribution is -2.12. The molecule has 27 heavy (non-hydrogen) atoms. The monoisotopic (exact) mass is 429 g/mol. The maximum atomic E-state index is 12.4. The number of unbranched alkanes of at least 4 members (excludes halogenated alkanes) is 4. The summed E-state index contributed by atoms with van der Waals surface area (Å²) in [6.07, 6.45) is 7.53. The Morgan fingerprint density at radius 2 is 1.78 bits per heavy atom. The average Bonchev–Trinajstić information content (AvgIpc) is 3.07. The topological polar surface area (TPSA) is 64.1 Å². The van der Waals surface area contributed by atoms with Gasteiger partial charge in [-0.2, -0.15) is 0 Å². The van der Waals surface area contributed by atoms with Crippen molar-refractivity contribution < 1.29 is 9.53 Å². The molecule has 5 nitrogen and oxygen atoms in total. The van der Waals surface area contributed by atoms with Gasteiger partial charge < -0.3 is 4.74 Å². The molecule has 0 atom stereocenters. The molecule has 0 saturated carbocycles. The van der Waals surface area contributed by atoms with E-state index in [1.807, 2.05) is 0 Å². The summed E-state index contributed by atoms with van der Waals surface area (Å²) in [7, 11) is 0. The van der Waals surface area contributed by atoms with Crippen molar-refractivity contribution in [2.24, 2.45) is 0 Å². The second-order valence-electron chi connectivity index (χ2n) is 6.24. The van der Waals surface area contributed by atoms with Gasteiger partial charge in [0.2, 0.25) is 5.13 Å². The van der Waals surface area contributed by atoms with Crippen LogP contribution in [0.3, 0.4) is 0 Å². The van der Waals surface area contributed by atoms with Crippen molar-refractivity contribution >= 4 is 45.6 Å². The van der Waals surface area contributed by atoms with Gasteiger partial charge in [0, 0.05) is 12.0 Å². The lowest BCUT2D eigenvalue weighted by molar-refractivity contribution is 0.102. The number of ether oxygens (including phenoxy) is 1. The highest BCUT2D eigenvalue weighted by molar-refractivity contribution is 7.15. The number of benzene rings is 1. The average molecular weight is 430 g/mol. The first-order valence-electron chi connectivity index (χ1n) is 9.30. The molecule has 0 spiro atoms. The quantitative estimate of drug-likeness (QED) is 0.419. The van der Waals surface area contributed by atoms with Crippen LogP contribution >= 0.6 is 34.5 Å². The predicted octanol–water partition coefficient (Wildman–Crippen LogP) is 6.40. The molecule has 8 heteroatoms. The van der Waals surface area contributed by atoms with E-state index < -0.39 is 0 Å². The maximum absolute atomic E-state index is 12.4. The number of rotatable bonds is 11. The standard InChI is InChI=1S/C19H25Cl2N3O2S/c1-3-5-6-7-8-10-26-17-14(20)11-13(12-15(17)21)18(25)22-19-24-23-16(27-19)9-4-2/h11-12H,3-10H2,1-2H3,(H,22,24,25). The summed E-state index contributed by atoms with van der Waals surface area (Å²) in [4.78, 5) is 12.4. The van der Waals surface area contributed by atoms with Crippen LogP contribution in [0.1, 0.15) is 67.7 Å². The molecule has 0 unspecified atom stereocenters. The number of halogens is 2. The Morgan fingerprint density at radius 3 is 2.44 bits per heavy atom. The highest BCUT2D eigenvalue weighted by atomic mass is 35.5. The third kappa shape index (κ3) is 6.94. The van der Waals surface area contributed by atoms with Gasteiger partial charge in [-0.05, 0) is 25.0 Å². The van der Waals surface area contributed by atoms with Gasteiger partial charge in [-0.15, -0.1) is 10.2 Å². The van der Waals surface area contributed by atoms with E-state index in [1.165, 1.54) is 30.6 Å². The number of aromatic nitrogens is 2. The number of nitrogens with zero attached hydrogens (tertiary/aromatic N) is 2. The number of amides is 1. The summed E-state index contributed by atoms with van der Waals surface area (Å²) >= 11 is 13.9. The summed E-state index contributed by atoms with van der Waals surface area (Å²) in [5.74, 6) is 0.0932. The highest BCUT2D eigenvalue weighted by Gasteiger charge is 2.16. The molecule has 1 heterocycles. The second-order valence-corrected chi connectivity index (χ2v) is 8.11. The zero-order valence-electron chi connectivity index (χ0n) is 15.7. The Bertz CT molecular complexity index is 729. The zero-order chi connectivity index (χ0) is 19.6. The molecule has 0 radical (unpaired) electrons.